The van der Waals surface area contributed by atoms with Crippen molar-refractivity contribution in [1.29, 1.82) is 0 Å². The number of anilines is 1. The van der Waals surface area contributed by atoms with Gasteiger partial charge >= 0.3 is 0 Å². The maximum Gasteiger partial charge on any atom is 0.227 e. The summed E-state index contributed by atoms with van der Waals surface area (Å²) in [4.78, 5) is 4.22. The first-order valence-corrected chi connectivity index (χ1v) is 5.15. The summed E-state index contributed by atoms with van der Waals surface area (Å²) in [5.41, 5.74) is 7.34. The number of nitrogen functional groups attached to an aromatic ring is 1. The molecule has 4 heteroatoms. The van der Waals surface area contributed by atoms with E-state index < -0.39 is 5.82 Å². The average molecular weight is 228 g/mol. The van der Waals surface area contributed by atoms with Crippen molar-refractivity contribution in [2.75, 3.05) is 5.73 Å². The van der Waals surface area contributed by atoms with Crippen LogP contribution in [0.1, 0.15) is 0 Å². The summed E-state index contributed by atoms with van der Waals surface area (Å²) < 4.78 is 18.8. The van der Waals surface area contributed by atoms with Crippen LogP contribution in [0.2, 0.25) is 0 Å². The van der Waals surface area contributed by atoms with E-state index in [1.54, 1.807) is 0 Å². The van der Waals surface area contributed by atoms with Crippen molar-refractivity contribution in [3.05, 3.63) is 48.3 Å². The van der Waals surface area contributed by atoms with Gasteiger partial charge in [0.05, 0.1) is 5.69 Å². The van der Waals surface area contributed by atoms with Crippen LogP contribution in [0.15, 0.2) is 46.9 Å². The van der Waals surface area contributed by atoms with Crippen molar-refractivity contribution < 1.29 is 8.81 Å². The Kier molecular flexibility index (Phi) is 2.08. The Morgan fingerprint density at radius 3 is 2.65 bits per heavy atom. The van der Waals surface area contributed by atoms with Gasteiger partial charge in [-0.3, -0.25) is 0 Å². The largest absolute Gasteiger partial charge is 0.436 e. The second-order valence-electron chi connectivity index (χ2n) is 3.73. The van der Waals surface area contributed by atoms with Gasteiger partial charge in [-0.1, -0.05) is 18.2 Å². The zero-order valence-corrected chi connectivity index (χ0v) is 8.85. The zero-order valence-electron chi connectivity index (χ0n) is 8.85. The van der Waals surface area contributed by atoms with E-state index in [1.165, 1.54) is 12.1 Å². The van der Waals surface area contributed by atoms with Crippen molar-refractivity contribution in [2.24, 2.45) is 0 Å². The Bertz CT molecular complexity index is 637. The first-order chi connectivity index (χ1) is 8.24. The number of fused-ring (bicyclic) bond motifs is 1. The Morgan fingerprint density at radius 2 is 1.88 bits per heavy atom. The van der Waals surface area contributed by atoms with Crippen molar-refractivity contribution in [3.8, 4) is 11.5 Å². The van der Waals surface area contributed by atoms with Crippen LogP contribution in [0.5, 0.6) is 0 Å². The molecule has 2 N–H and O–H groups in total. The van der Waals surface area contributed by atoms with Gasteiger partial charge in [0.15, 0.2) is 5.58 Å². The number of rotatable bonds is 1. The monoisotopic (exact) mass is 228 g/mol. The van der Waals surface area contributed by atoms with Gasteiger partial charge in [-0.25, -0.2) is 9.37 Å². The third-order valence-electron chi connectivity index (χ3n) is 2.53. The summed E-state index contributed by atoms with van der Waals surface area (Å²) in [6, 6.07) is 12.2. The molecular formula is C13H9FN2O. The molecule has 1 aromatic heterocycles. The summed E-state index contributed by atoms with van der Waals surface area (Å²) in [6.45, 7) is 0. The van der Waals surface area contributed by atoms with Gasteiger partial charge in [-0.05, 0) is 12.1 Å². The zero-order chi connectivity index (χ0) is 11.8. The molecule has 0 bridgehead atoms. The third kappa shape index (κ3) is 1.63. The number of benzene rings is 2. The topological polar surface area (TPSA) is 52.0 Å². The maximum atomic E-state index is 13.3. The van der Waals surface area contributed by atoms with Gasteiger partial charge < -0.3 is 10.2 Å². The molecule has 0 aliphatic rings. The molecule has 0 saturated heterocycles. The molecule has 0 spiro atoms. The molecule has 0 unspecified atom stereocenters. The molecule has 0 saturated carbocycles. The highest BCUT2D eigenvalue weighted by Crippen LogP contribution is 2.26. The van der Waals surface area contributed by atoms with Gasteiger partial charge in [-0.15, -0.1) is 0 Å². The molecule has 2 aromatic carbocycles. The number of oxazole rings is 1. The second-order valence-corrected chi connectivity index (χ2v) is 3.73. The lowest BCUT2D eigenvalue weighted by molar-refractivity contribution is 0.616. The van der Waals surface area contributed by atoms with Crippen LogP contribution in [-0.2, 0) is 0 Å². The fourth-order valence-electron chi connectivity index (χ4n) is 1.67. The Hall–Kier alpha value is -2.36. The number of halogens is 1. The van der Waals surface area contributed by atoms with Crippen molar-refractivity contribution in [1.82, 2.24) is 4.98 Å². The summed E-state index contributed by atoms with van der Waals surface area (Å²) in [5.74, 6) is -0.0176. The predicted molar refractivity (Wildman–Crippen MR) is 63.8 cm³/mol. The summed E-state index contributed by atoms with van der Waals surface area (Å²) in [5, 5.41) is 0. The molecule has 0 atom stereocenters. The predicted octanol–water partition coefficient (Wildman–Crippen LogP) is 3.22. The van der Waals surface area contributed by atoms with Crippen LogP contribution in [0.4, 0.5) is 10.1 Å². The van der Waals surface area contributed by atoms with E-state index in [1.807, 2.05) is 30.3 Å². The Morgan fingerprint density at radius 1 is 1.12 bits per heavy atom. The molecule has 1 heterocycles. The number of aromatic nitrogens is 1. The summed E-state index contributed by atoms with van der Waals surface area (Å²) in [7, 11) is 0. The molecule has 0 fully saturated rings. The molecule has 3 nitrogen and oxygen atoms in total. The molecule has 3 rings (SSSR count). The minimum atomic E-state index is -0.481. The number of nitrogens with zero attached hydrogens (tertiary/aromatic N) is 1. The molecular weight excluding hydrogens is 219 g/mol. The highest BCUT2D eigenvalue weighted by molar-refractivity contribution is 5.79. The first-order valence-electron chi connectivity index (χ1n) is 5.15. The Balaban J connectivity index is 2.21. The van der Waals surface area contributed by atoms with E-state index in [0.717, 1.165) is 5.56 Å². The third-order valence-corrected chi connectivity index (χ3v) is 2.53. The smallest absolute Gasteiger partial charge is 0.227 e. The normalized spacial score (nSPS) is 10.9. The van der Waals surface area contributed by atoms with Crippen LogP contribution in [0, 0.1) is 5.82 Å². The molecule has 0 aliphatic carbocycles. The van der Waals surface area contributed by atoms with E-state index in [4.69, 9.17) is 10.2 Å². The van der Waals surface area contributed by atoms with Crippen LogP contribution in [-0.4, -0.2) is 4.98 Å². The maximum absolute atomic E-state index is 13.3. The van der Waals surface area contributed by atoms with Crippen LogP contribution < -0.4 is 5.73 Å². The van der Waals surface area contributed by atoms with Gasteiger partial charge in [-0.2, -0.15) is 0 Å². The lowest BCUT2D eigenvalue weighted by Gasteiger charge is -1.93. The minimum Gasteiger partial charge on any atom is -0.436 e. The fraction of sp³-hybridized carbons (Fsp3) is 0. The SMILES string of the molecule is Nc1cc2oc(-c3ccccc3)nc2cc1F. The summed E-state index contributed by atoms with van der Waals surface area (Å²) >= 11 is 0. The number of nitrogens with two attached hydrogens (primary N) is 1. The van der Waals surface area contributed by atoms with Crippen molar-refractivity contribution >= 4 is 16.8 Å². The molecule has 3 aromatic rings. The van der Waals surface area contributed by atoms with E-state index in [2.05, 4.69) is 4.98 Å². The standard InChI is InChI=1S/C13H9FN2O/c14-9-6-11-12(7-10(9)15)17-13(16-11)8-4-2-1-3-5-8/h1-7H,15H2. The number of hydrogen-bond donors (Lipinski definition) is 1. The Labute approximate surface area is 96.7 Å². The van der Waals surface area contributed by atoms with E-state index in [0.29, 0.717) is 17.0 Å². The van der Waals surface area contributed by atoms with Crippen LogP contribution in [0.25, 0.3) is 22.6 Å². The molecule has 17 heavy (non-hydrogen) atoms. The van der Waals surface area contributed by atoms with Crippen LogP contribution >= 0.6 is 0 Å². The highest BCUT2D eigenvalue weighted by Gasteiger charge is 2.10. The lowest BCUT2D eigenvalue weighted by atomic mass is 10.2. The summed E-state index contributed by atoms with van der Waals surface area (Å²) in [6.07, 6.45) is 0. The van der Waals surface area contributed by atoms with E-state index in [9.17, 15) is 4.39 Å². The van der Waals surface area contributed by atoms with Gasteiger partial charge in [0.2, 0.25) is 5.89 Å². The quantitative estimate of drug-likeness (QED) is 0.650. The molecule has 0 amide bonds. The van der Waals surface area contributed by atoms with Gasteiger partial charge in [0.25, 0.3) is 0 Å². The minimum absolute atomic E-state index is 0.0632. The fourth-order valence-corrected chi connectivity index (χ4v) is 1.67. The average Bonchev–Trinajstić information content (AvgIpc) is 2.74. The highest BCUT2D eigenvalue weighted by atomic mass is 19.1. The number of hydrogen-bond acceptors (Lipinski definition) is 3. The second kappa shape index (κ2) is 3.59. The molecule has 0 aliphatic heterocycles. The van der Waals surface area contributed by atoms with Crippen molar-refractivity contribution in [2.45, 2.75) is 0 Å². The first kappa shape index (κ1) is 9.84. The van der Waals surface area contributed by atoms with Crippen LogP contribution in [0.3, 0.4) is 0 Å². The molecule has 84 valence electrons. The van der Waals surface area contributed by atoms with E-state index in [-0.39, 0.29) is 5.69 Å². The van der Waals surface area contributed by atoms with Gasteiger partial charge in [0.1, 0.15) is 11.3 Å². The molecule has 0 radical (unpaired) electrons. The van der Waals surface area contributed by atoms with Gasteiger partial charge in [0, 0.05) is 17.7 Å². The van der Waals surface area contributed by atoms with E-state index >= 15 is 0 Å². The van der Waals surface area contributed by atoms with Crippen molar-refractivity contribution in [3.63, 3.8) is 0 Å². The lowest BCUT2D eigenvalue weighted by Crippen LogP contribution is -1.88.